The third-order valence-corrected chi connectivity index (χ3v) is 9.64. The van der Waals surface area contributed by atoms with Crippen LogP contribution in [0.3, 0.4) is 0 Å². The minimum Gasteiger partial charge on any atom is -0.510 e. The van der Waals surface area contributed by atoms with Crippen molar-refractivity contribution >= 4 is 46.8 Å². The molecule has 3 aliphatic carbocycles. The van der Waals surface area contributed by atoms with Crippen molar-refractivity contribution in [1.29, 1.82) is 0 Å². The Bertz CT molecular complexity index is 1930. The molecule has 0 spiro atoms. The number of nitrogens with zero attached hydrogens (tertiary/aromatic N) is 3. The lowest BCUT2D eigenvalue weighted by Gasteiger charge is -2.50. The van der Waals surface area contributed by atoms with E-state index < -0.39 is 95.1 Å². The first-order chi connectivity index (χ1) is 24.9. The van der Waals surface area contributed by atoms with Gasteiger partial charge in [-0.05, 0) is 63.0 Å². The molecule has 4 atom stereocenters. The number of hydrogen-bond donors (Lipinski definition) is 6. The zero-order chi connectivity index (χ0) is 39.1. The first kappa shape index (κ1) is 38.4. The van der Waals surface area contributed by atoms with Crippen LogP contribution >= 0.6 is 0 Å². The molecule has 3 amide bonds. The molecule has 7 N–H and O–H groups in total. The number of Topliss-reactive ketones (excluding diaryl/α,β-unsaturated/α-hetero) is 2. The average Bonchev–Trinajstić information content (AvgIpc) is 3.62. The van der Waals surface area contributed by atoms with Gasteiger partial charge in [-0.25, -0.2) is 9.59 Å². The Kier molecular flexibility index (Phi) is 10.6. The number of carbonyl (C=O) groups excluding carboxylic acids is 6. The summed E-state index contributed by atoms with van der Waals surface area (Å²) < 4.78 is 14.8. The maximum Gasteiger partial charge on any atom is 0.413 e. The molecule has 1 aromatic carbocycles. The second kappa shape index (κ2) is 14.6. The summed E-state index contributed by atoms with van der Waals surface area (Å²) in [7, 11) is 6.41. The van der Waals surface area contributed by atoms with E-state index in [1.54, 1.807) is 25.9 Å². The number of phenolic OH excluding ortho intramolecular Hbond substituents is 1. The van der Waals surface area contributed by atoms with Gasteiger partial charge in [0.2, 0.25) is 24.2 Å². The van der Waals surface area contributed by atoms with Gasteiger partial charge in [0.25, 0.3) is 5.91 Å². The van der Waals surface area contributed by atoms with E-state index in [4.69, 9.17) is 19.6 Å². The largest absolute Gasteiger partial charge is 0.510 e. The SMILES string of the molecule is CCCN(CC(=O)Nc1cc(N(C)C)c2c(c1O)C(=O)C1=C(O)[C@]3(O)C(=O)C(C(N)=O)=C(O)[C@@H](N(C)C)[C@@H]3C[C@@H]1C2)C(=O)OCOC(=O)c1ccco1. The third kappa shape index (κ3) is 6.66. The monoisotopic (exact) mass is 739 g/mol. The molecule has 1 heterocycles. The molecular weight excluding hydrogens is 698 g/mol. The number of carbonyl (C=O) groups is 6. The molecule has 0 unspecified atom stereocenters. The predicted molar refractivity (Wildman–Crippen MR) is 184 cm³/mol. The summed E-state index contributed by atoms with van der Waals surface area (Å²) in [6, 6.07) is 3.13. The van der Waals surface area contributed by atoms with E-state index in [9.17, 15) is 49.2 Å². The van der Waals surface area contributed by atoms with Crippen LogP contribution in [0.1, 0.15) is 46.2 Å². The Morgan fingerprint density at radius 1 is 1.09 bits per heavy atom. The van der Waals surface area contributed by atoms with Gasteiger partial charge in [-0.2, -0.15) is 0 Å². The standard InChI is InChI=1S/C35H41N5O13/c1-6-9-40(34(49)53-15-52-33(48)21-8-7-10-51-21)14-22(41)37-19-13-20(38(2)3)17-11-16-12-18-26(39(4)5)29(44)25(32(36)47)31(46)35(18,50)30(45)23(16)28(43)24(17)27(19)42/h7-8,10,13,16,18,26,42,44-45,50H,6,9,11-12,14-15H2,1-5H3,(H2,36,47)(H,37,41)/t16-,18-,26-,35-/m0/s1. The van der Waals surface area contributed by atoms with E-state index in [-0.39, 0.29) is 42.0 Å². The number of primary amides is 1. The zero-order valence-electron chi connectivity index (χ0n) is 29.7. The van der Waals surface area contributed by atoms with Crippen molar-refractivity contribution in [2.24, 2.45) is 17.6 Å². The minimum atomic E-state index is -2.81. The van der Waals surface area contributed by atoms with Crippen LogP contribution < -0.4 is 16.0 Å². The number of furan rings is 1. The molecule has 0 saturated heterocycles. The fraction of sp³-hybridized carbons (Fsp3) is 0.429. The zero-order valence-corrected chi connectivity index (χ0v) is 29.7. The molecule has 53 heavy (non-hydrogen) atoms. The van der Waals surface area contributed by atoms with Crippen molar-refractivity contribution in [1.82, 2.24) is 9.80 Å². The molecule has 0 fully saturated rings. The molecule has 0 saturated carbocycles. The number of ether oxygens (including phenoxy) is 2. The van der Waals surface area contributed by atoms with Crippen LogP contribution in [-0.4, -0.2) is 125 Å². The van der Waals surface area contributed by atoms with Crippen molar-refractivity contribution in [3.8, 4) is 5.75 Å². The molecule has 0 aliphatic heterocycles. The quantitative estimate of drug-likeness (QED) is 0.0823. The third-order valence-electron chi connectivity index (χ3n) is 9.64. The Morgan fingerprint density at radius 2 is 1.79 bits per heavy atom. The number of hydrogen-bond acceptors (Lipinski definition) is 15. The summed E-state index contributed by atoms with van der Waals surface area (Å²) in [4.78, 5) is 82.3. The van der Waals surface area contributed by atoms with E-state index in [0.717, 1.165) is 4.90 Å². The Labute approximate surface area is 303 Å². The summed E-state index contributed by atoms with van der Waals surface area (Å²) in [5.74, 6) is -9.78. The minimum absolute atomic E-state index is 0.0322. The number of rotatable bonds is 11. The fourth-order valence-electron chi connectivity index (χ4n) is 7.35. The highest BCUT2D eigenvalue weighted by molar-refractivity contribution is 6.25. The lowest BCUT2D eigenvalue weighted by molar-refractivity contribution is -0.148. The molecule has 5 rings (SSSR count). The highest BCUT2D eigenvalue weighted by atomic mass is 16.7. The van der Waals surface area contributed by atoms with Crippen LogP contribution in [0, 0.1) is 11.8 Å². The van der Waals surface area contributed by atoms with Gasteiger partial charge in [0.1, 0.15) is 23.6 Å². The van der Waals surface area contributed by atoms with Crippen molar-refractivity contribution in [3.05, 3.63) is 64.0 Å². The molecule has 2 aromatic rings. The summed E-state index contributed by atoms with van der Waals surface area (Å²) in [5, 5.41) is 48.4. The number of aliphatic hydroxyl groups excluding tert-OH is 2. The second-order valence-corrected chi connectivity index (χ2v) is 13.4. The first-order valence-electron chi connectivity index (χ1n) is 16.6. The molecule has 0 bridgehead atoms. The number of nitrogens with two attached hydrogens (primary N) is 1. The van der Waals surface area contributed by atoms with E-state index in [1.165, 1.54) is 43.5 Å². The van der Waals surface area contributed by atoms with Crippen LogP contribution in [0.5, 0.6) is 5.75 Å². The smallest absolute Gasteiger partial charge is 0.413 e. The second-order valence-electron chi connectivity index (χ2n) is 13.4. The van der Waals surface area contributed by atoms with Crippen LogP contribution in [0.4, 0.5) is 16.2 Å². The fourth-order valence-corrected chi connectivity index (χ4v) is 7.35. The van der Waals surface area contributed by atoms with Crippen LogP contribution in [0.15, 0.2) is 51.5 Å². The number of esters is 1. The maximum absolute atomic E-state index is 14.3. The van der Waals surface area contributed by atoms with E-state index in [0.29, 0.717) is 17.7 Å². The average molecular weight is 740 g/mol. The van der Waals surface area contributed by atoms with Gasteiger partial charge >= 0.3 is 12.1 Å². The summed E-state index contributed by atoms with van der Waals surface area (Å²) in [6.07, 6.45) is 0.639. The summed E-state index contributed by atoms with van der Waals surface area (Å²) in [5.41, 5.74) is 1.53. The van der Waals surface area contributed by atoms with E-state index in [1.807, 2.05) is 0 Å². The van der Waals surface area contributed by atoms with Crippen molar-refractivity contribution in [3.63, 3.8) is 0 Å². The highest BCUT2D eigenvalue weighted by Gasteiger charge is 2.63. The molecule has 0 radical (unpaired) electrons. The number of ketones is 2. The number of aliphatic hydroxyl groups is 3. The highest BCUT2D eigenvalue weighted by Crippen LogP contribution is 2.54. The molecular formula is C35H41N5O13. The van der Waals surface area contributed by atoms with Gasteiger partial charge in [0, 0.05) is 37.8 Å². The van der Waals surface area contributed by atoms with Crippen molar-refractivity contribution < 1.29 is 63.1 Å². The number of aromatic hydroxyl groups is 1. The Hall–Kier alpha value is -5.88. The number of allylic oxidation sites excluding steroid dienone is 1. The van der Waals surface area contributed by atoms with Gasteiger partial charge in [-0.15, -0.1) is 0 Å². The topological polar surface area (TPSA) is 263 Å². The number of nitrogens with one attached hydrogen (secondary N) is 1. The molecule has 3 aliphatic rings. The molecule has 284 valence electrons. The summed E-state index contributed by atoms with van der Waals surface area (Å²) >= 11 is 0. The number of fused-ring (bicyclic) bond motifs is 3. The van der Waals surface area contributed by atoms with Gasteiger partial charge in [-0.1, -0.05) is 6.92 Å². The van der Waals surface area contributed by atoms with Gasteiger partial charge in [0.15, 0.2) is 17.1 Å². The molecule has 1 aromatic heterocycles. The number of amides is 3. The summed E-state index contributed by atoms with van der Waals surface area (Å²) in [6.45, 7) is 0.478. The van der Waals surface area contributed by atoms with Crippen molar-refractivity contribution in [2.75, 3.05) is 58.3 Å². The first-order valence-corrected chi connectivity index (χ1v) is 16.6. The van der Waals surface area contributed by atoms with Crippen LogP contribution in [-0.2, 0) is 30.3 Å². The number of benzene rings is 1. The van der Waals surface area contributed by atoms with E-state index in [2.05, 4.69) is 5.32 Å². The van der Waals surface area contributed by atoms with Gasteiger partial charge < -0.3 is 50.3 Å². The van der Waals surface area contributed by atoms with Gasteiger partial charge in [-0.3, -0.25) is 29.0 Å². The lowest BCUT2D eigenvalue weighted by Crippen LogP contribution is -2.63. The Balaban J connectivity index is 1.44. The Morgan fingerprint density at radius 3 is 2.38 bits per heavy atom. The van der Waals surface area contributed by atoms with E-state index >= 15 is 0 Å². The lowest BCUT2D eigenvalue weighted by atomic mass is 9.58. The molecule has 18 nitrogen and oxygen atoms in total. The normalized spacial score (nSPS) is 22.1. The number of phenols is 1. The predicted octanol–water partition coefficient (Wildman–Crippen LogP) is 1.38. The number of likely N-dealkylation sites (N-methyl/N-ethyl adjacent to an activating group) is 1. The number of anilines is 2. The van der Waals surface area contributed by atoms with Crippen LogP contribution in [0.25, 0.3) is 0 Å². The van der Waals surface area contributed by atoms with Crippen LogP contribution in [0.2, 0.25) is 0 Å². The maximum atomic E-state index is 14.3. The van der Waals surface area contributed by atoms with Crippen molar-refractivity contribution in [2.45, 2.75) is 37.8 Å². The van der Waals surface area contributed by atoms with Gasteiger partial charge in [0.05, 0.1) is 23.6 Å². The molecule has 18 heteroatoms.